The van der Waals surface area contributed by atoms with Crippen molar-refractivity contribution < 1.29 is 19.3 Å². The van der Waals surface area contributed by atoms with E-state index in [1.165, 1.54) is 19.3 Å². The quantitative estimate of drug-likeness (QED) is 0.717. The molecule has 7 atom stereocenters. The summed E-state index contributed by atoms with van der Waals surface area (Å²) >= 11 is 0. The number of rotatable bonds is 1. The van der Waals surface area contributed by atoms with Gasteiger partial charge in [0.1, 0.15) is 6.10 Å². The predicted octanol–water partition coefficient (Wildman–Crippen LogP) is 4.68. The van der Waals surface area contributed by atoms with E-state index in [2.05, 4.69) is 34.6 Å². The molecule has 27 heavy (non-hydrogen) atoms. The molecular formula is C23H40O4. The fourth-order valence-corrected chi connectivity index (χ4v) is 7.47. The molecule has 0 aromatic heterocycles. The maximum Gasteiger partial charge on any atom is 0.163 e. The number of hydrogen-bond acceptors (Lipinski definition) is 4. The van der Waals surface area contributed by atoms with E-state index in [1.54, 1.807) is 0 Å². The minimum absolute atomic E-state index is 0.0780. The minimum atomic E-state index is -0.551. The van der Waals surface area contributed by atoms with E-state index < -0.39 is 23.1 Å². The summed E-state index contributed by atoms with van der Waals surface area (Å²) in [4.78, 5) is 0. The fourth-order valence-electron chi connectivity index (χ4n) is 7.47. The van der Waals surface area contributed by atoms with Gasteiger partial charge in [-0.2, -0.15) is 0 Å². The van der Waals surface area contributed by atoms with Crippen molar-refractivity contribution in [1.82, 2.24) is 0 Å². The van der Waals surface area contributed by atoms with Crippen LogP contribution in [-0.4, -0.2) is 40.9 Å². The smallest absolute Gasteiger partial charge is 0.163 e. The second-order valence-electron chi connectivity index (χ2n) is 11.7. The molecule has 0 aromatic carbocycles. The van der Waals surface area contributed by atoms with Crippen molar-refractivity contribution in [2.24, 2.45) is 22.7 Å². The summed E-state index contributed by atoms with van der Waals surface area (Å²) in [5.74, 6) is 0.399. The van der Waals surface area contributed by atoms with Gasteiger partial charge in [-0.05, 0) is 82.5 Å². The van der Waals surface area contributed by atoms with Gasteiger partial charge in [0.25, 0.3) is 0 Å². The molecular weight excluding hydrogens is 340 g/mol. The number of aliphatic hydroxyl groups is 1. The highest BCUT2D eigenvalue weighted by atomic mass is 16.8. The van der Waals surface area contributed by atoms with Gasteiger partial charge in [0, 0.05) is 0 Å². The van der Waals surface area contributed by atoms with Crippen LogP contribution < -0.4 is 0 Å². The zero-order valence-electron chi connectivity index (χ0n) is 18.4. The molecule has 4 heteroatoms. The van der Waals surface area contributed by atoms with Gasteiger partial charge in [-0.1, -0.05) is 27.2 Å². The Morgan fingerprint density at radius 3 is 2.22 bits per heavy atom. The summed E-state index contributed by atoms with van der Waals surface area (Å²) in [6, 6.07) is 0. The van der Waals surface area contributed by atoms with E-state index in [-0.39, 0.29) is 11.5 Å². The van der Waals surface area contributed by atoms with Gasteiger partial charge >= 0.3 is 0 Å². The molecule has 0 aromatic rings. The third-order valence-corrected chi connectivity index (χ3v) is 8.96. The molecule has 2 aliphatic carbocycles. The average Bonchev–Trinajstić information content (AvgIpc) is 2.90. The standard InChI is InChI=1S/C23H40O4/c1-19(2)10-8-11-21(5)15-9-12-22(6,18-14-25-20(3,4)26-18)27-23(15,7)17(24)13-16(19)21/h15-18,24H,8-14H2,1-7H3/t15-,16+,17+,18+,21-,22-,23+/m1/s1. The van der Waals surface area contributed by atoms with Gasteiger partial charge in [-0.3, -0.25) is 0 Å². The van der Waals surface area contributed by atoms with Gasteiger partial charge in [0.05, 0.1) is 23.9 Å². The van der Waals surface area contributed by atoms with Gasteiger partial charge in [-0.25, -0.2) is 0 Å². The van der Waals surface area contributed by atoms with Crippen LogP contribution in [-0.2, 0) is 14.2 Å². The molecule has 0 unspecified atom stereocenters. The molecule has 0 bridgehead atoms. The van der Waals surface area contributed by atoms with Crippen molar-refractivity contribution in [1.29, 1.82) is 0 Å². The monoisotopic (exact) mass is 380 g/mol. The highest BCUT2D eigenvalue weighted by Gasteiger charge is 2.66. The first-order valence-electron chi connectivity index (χ1n) is 11.0. The van der Waals surface area contributed by atoms with E-state index in [1.807, 2.05) is 13.8 Å². The van der Waals surface area contributed by atoms with Crippen molar-refractivity contribution in [3.63, 3.8) is 0 Å². The Labute approximate surface area is 165 Å². The van der Waals surface area contributed by atoms with Gasteiger partial charge in [0.15, 0.2) is 5.79 Å². The van der Waals surface area contributed by atoms with Crippen LogP contribution in [0.15, 0.2) is 0 Å². The molecule has 0 amide bonds. The zero-order valence-corrected chi connectivity index (χ0v) is 18.4. The molecule has 4 nitrogen and oxygen atoms in total. The molecule has 156 valence electrons. The van der Waals surface area contributed by atoms with Gasteiger partial charge in [0.2, 0.25) is 0 Å². The molecule has 0 radical (unpaired) electrons. The summed E-state index contributed by atoms with van der Waals surface area (Å²) in [6.45, 7) is 16.1. The summed E-state index contributed by atoms with van der Waals surface area (Å²) in [5, 5.41) is 11.3. The van der Waals surface area contributed by atoms with Crippen LogP contribution in [0.2, 0.25) is 0 Å². The lowest BCUT2D eigenvalue weighted by atomic mass is 9.43. The summed E-state index contributed by atoms with van der Waals surface area (Å²) < 4.78 is 18.9. The number of aliphatic hydroxyl groups excluding tert-OH is 1. The number of hydrogen-bond donors (Lipinski definition) is 1. The first-order chi connectivity index (χ1) is 12.3. The first-order valence-corrected chi connectivity index (χ1v) is 11.0. The zero-order chi connectivity index (χ0) is 19.9. The second-order valence-corrected chi connectivity index (χ2v) is 11.7. The van der Waals surface area contributed by atoms with Crippen LogP contribution in [0, 0.1) is 22.7 Å². The molecule has 4 aliphatic rings. The van der Waals surface area contributed by atoms with Crippen molar-refractivity contribution in [3.05, 3.63) is 0 Å². The lowest BCUT2D eigenvalue weighted by Crippen LogP contribution is -2.69. The van der Waals surface area contributed by atoms with E-state index in [9.17, 15) is 5.11 Å². The molecule has 2 saturated heterocycles. The third kappa shape index (κ3) is 2.93. The predicted molar refractivity (Wildman–Crippen MR) is 105 cm³/mol. The number of ether oxygens (including phenoxy) is 3. The van der Waals surface area contributed by atoms with Crippen molar-refractivity contribution in [2.45, 2.75) is 116 Å². The largest absolute Gasteiger partial charge is 0.390 e. The Morgan fingerprint density at radius 2 is 1.59 bits per heavy atom. The van der Waals surface area contributed by atoms with Crippen molar-refractivity contribution in [2.75, 3.05) is 6.61 Å². The van der Waals surface area contributed by atoms with Crippen molar-refractivity contribution >= 4 is 0 Å². The highest BCUT2D eigenvalue weighted by Crippen LogP contribution is 2.65. The molecule has 2 heterocycles. The molecule has 1 N–H and O–H groups in total. The van der Waals surface area contributed by atoms with Crippen LogP contribution in [0.1, 0.15) is 87.0 Å². The molecule has 4 fully saturated rings. The second kappa shape index (κ2) is 5.93. The Balaban J connectivity index is 1.64. The number of fused-ring (bicyclic) bond motifs is 3. The Morgan fingerprint density at radius 1 is 0.889 bits per heavy atom. The molecule has 0 spiro atoms. The summed E-state index contributed by atoms with van der Waals surface area (Å²) in [7, 11) is 0. The highest BCUT2D eigenvalue weighted by molar-refractivity contribution is 5.14. The van der Waals surface area contributed by atoms with E-state index in [0.717, 1.165) is 19.3 Å². The first kappa shape index (κ1) is 20.1. The average molecular weight is 381 g/mol. The normalized spacial score (nSPS) is 54.2. The molecule has 2 aliphatic heterocycles. The third-order valence-electron chi connectivity index (χ3n) is 8.96. The van der Waals surface area contributed by atoms with Crippen molar-refractivity contribution in [3.8, 4) is 0 Å². The van der Waals surface area contributed by atoms with E-state index >= 15 is 0 Å². The lowest BCUT2D eigenvalue weighted by molar-refractivity contribution is -0.319. The molecule has 2 saturated carbocycles. The van der Waals surface area contributed by atoms with Crippen LogP contribution >= 0.6 is 0 Å². The Hall–Kier alpha value is -0.160. The van der Waals surface area contributed by atoms with Crippen LogP contribution in [0.3, 0.4) is 0 Å². The van der Waals surface area contributed by atoms with Gasteiger partial charge < -0.3 is 19.3 Å². The fraction of sp³-hybridized carbons (Fsp3) is 1.00. The summed E-state index contributed by atoms with van der Waals surface area (Å²) in [6.07, 6.45) is 6.21. The maximum atomic E-state index is 11.3. The topological polar surface area (TPSA) is 47.9 Å². The summed E-state index contributed by atoms with van der Waals surface area (Å²) in [5.41, 5.74) is -0.388. The van der Waals surface area contributed by atoms with Crippen LogP contribution in [0.5, 0.6) is 0 Å². The maximum absolute atomic E-state index is 11.3. The Kier molecular flexibility index (Phi) is 4.42. The Bertz CT molecular complexity index is 601. The molecule has 4 rings (SSSR count). The van der Waals surface area contributed by atoms with Crippen LogP contribution in [0.4, 0.5) is 0 Å². The van der Waals surface area contributed by atoms with E-state index in [0.29, 0.717) is 23.9 Å². The van der Waals surface area contributed by atoms with E-state index in [4.69, 9.17) is 14.2 Å². The lowest BCUT2D eigenvalue weighted by Gasteiger charge is -2.67. The van der Waals surface area contributed by atoms with Gasteiger partial charge in [-0.15, -0.1) is 0 Å². The SMILES string of the molecule is CC1(C)OC[C@@H]([C@@]2(C)CC[C@@H]3[C@@]4(C)CCCC(C)(C)[C@@H]4C[C@H](O)[C@@]3(C)O2)O1. The minimum Gasteiger partial charge on any atom is -0.390 e. The van der Waals surface area contributed by atoms with Crippen LogP contribution in [0.25, 0.3) is 0 Å².